The number of para-hydroxylation sites is 1. The van der Waals surface area contributed by atoms with Gasteiger partial charge in [0, 0.05) is 24.0 Å². The van der Waals surface area contributed by atoms with Crippen molar-refractivity contribution >= 4 is 34.2 Å². The number of carbonyl (C=O) groups is 1. The molecule has 0 radical (unpaired) electrons. The molecule has 2 aromatic heterocycles. The van der Waals surface area contributed by atoms with Crippen molar-refractivity contribution in [2.24, 2.45) is 0 Å². The van der Waals surface area contributed by atoms with E-state index >= 15 is 0 Å². The van der Waals surface area contributed by atoms with Crippen molar-refractivity contribution in [3.8, 4) is 11.3 Å². The van der Waals surface area contributed by atoms with E-state index < -0.39 is 11.7 Å². The number of aromatic nitrogens is 2. The summed E-state index contributed by atoms with van der Waals surface area (Å²) in [5, 5.41) is 3.14. The average molecular weight is 396 g/mol. The second-order valence-electron chi connectivity index (χ2n) is 5.83. The van der Waals surface area contributed by atoms with Gasteiger partial charge in [0.05, 0.1) is 22.3 Å². The maximum Gasteiger partial charge on any atom is 0.275 e. The lowest BCUT2D eigenvalue weighted by Gasteiger charge is -2.10. The van der Waals surface area contributed by atoms with Crippen LogP contribution >= 0.6 is 11.6 Å². The zero-order valence-corrected chi connectivity index (χ0v) is 14.9. The van der Waals surface area contributed by atoms with E-state index in [9.17, 15) is 14.0 Å². The first-order chi connectivity index (χ1) is 13.5. The second kappa shape index (κ2) is 7.21. The average Bonchev–Trinajstić information content (AvgIpc) is 2.71. The fourth-order valence-electron chi connectivity index (χ4n) is 2.70. The molecule has 0 spiro atoms. The van der Waals surface area contributed by atoms with Gasteiger partial charge in [0.2, 0.25) is 0 Å². The number of benzene rings is 2. The van der Waals surface area contributed by atoms with E-state index in [1.807, 2.05) is 0 Å². The van der Waals surface area contributed by atoms with E-state index in [1.165, 1.54) is 42.9 Å². The zero-order chi connectivity index (χ0) is 19.7. The molecule has 6 nitrogen and oxygen atoms in total. The Hall–Kier alpha value is -3.58. The third-order valence-corrected chi connectivity index (χ3v) is 4.32. The van der Waals surface area contributed by atoms with Crippen molar-refractivity contribution in [1.82, 2.24) is 9.97 Å². The molecule has 0 aliphatic carbocycles. The Morgan fingerprint density at radius 2 is 2.00 bits per heavy atom. The molecule has 2 aromatic carbocycles. The van der Waals surface area contributed by atoms with Gasteiger partial charge in [-0.1, -0.05) is 17.7 Å². The number of rotatable bonds is 3. The Kier molecular flexibility index (Phi) is 4.58. The number of hydrogen-bond donors (Lipinski definition) is 1. The minimum atomic E-state index is -0.522. The SMILES string of the molecule is O=C(Nc1cccc2c(=O)cc(-c3cc(F)ccc3Cl)oc12)c1cnccn1. The number of nitrogens with zero attached hydrogens (tertiary/aromatic N) is 2. The quantitative estimate of drug-likeness (QED) is 0.559. The fraction of sp³-hybridized carbons (Fsp3) is 0. The molecule has 1 N–H and O–H groups in total. The molecule has 138 valence electrons. The number of anilines is 1. The molecule has 2 heterocycles. The highest BCUT2D eigenvalue weighted by Gasteiger charge is 2.15. The Morgan fingerprint density at radius 1 is 1.14 bits per heavy atom. The number of hydrogen-bond acceptors (Lipinski definition) is 5. The summed E-state index contributed by atoms with van der Waals surface area (Å²) in [6, 6.07) is 9.74. The van der Waals surface area contributed by atoms with Crippen LogP contribution in [0.5, 0.6) is 0 Å². The van der Waals surface area contributed by atoms with Gasteiger partial charge in [-0.3, -0.25) is 14.6 Å². The van der Waals surface area contributed by atoms with Crippen LogP contribution in [-0.2, 0) is 0 Å². The lowest BCUT2D eigenvalue weighted by Crippen LogP contribution is -2.14. The summed E-state index contributed by atoms with van der Waals surface area (Å²) in [4.78, 5) is 32.7. The van der Waals surface area contributed by atoms with Crippen LogP contribution < -0.4 is 10.7 Å². The van der Waals surface area contributed by atoms with Gasteiger partial charge in [-0.25, -0.2) is 9.37 Å². The Morgan fingerprint density at radius 3 is 2.79 bits per heavy atom. The zero-order valence-electron chi connectivity index (χ0n) is 14.1. The number of carbonyl (C=O) groups excluding carboxylic acids is 1. The summed E-state index contributed by atoms with van der Waals surface area (Å²) >= 11 is 6.12. The molecular formula is C20H11ClFN3O3. The maximum absolute atomic E-state index is 13.6. The molecule has 0 aliphatic heterocycles. The van der Waals surface area contributed by atoms with Gasteiger partial charge >= 0.3 is 0 Å². The van der Waals surface area contributed by atoms with Gasteiger partial charge in [0.15, 0.2) is 11.0 Å². The Labute approximate surface area is 162 Å². The predicted molar refractivity (Wildman–Crippen MR) is 103 cm³/mol. The van der Waals surface area contributed by atoms with Gasteiger partial charge in [0.1, 0.15) is 17.3 Å². The van der Waals surface area contributed by atoms with Crippen molar-refractivity contribution < 1.29 is 13.6 Å². The van der Waals surface area contributed by atoms with Gasteiger partial charge in [-0.05, 0) is 30.3 Å². The third-order valence-electron chi connectivity index (χ3n) is 3.99. The minimum Gasteiger partial charge on any atom is -0.454 e. The second-order valence-corrected chi connectivity index (χ2v) is 6.23. The molecule has 0 fully saturated rings. The summed E-state index contributed by atoms with van der Waals surface area (Å²) in [5.74, 6) is -0.952. The smallest absolute Gasteiger partial charge is 0.275 e. The van der Waals surface area contributed by atoms with Crippen molar-refractivity contribution in [1.29, 1.82) is 0 Å². The first kappa shape index (κ1) is 17.8. The highest BCUT2D eigenvalue weighted by Crippen LogP contribution is 2.31. The lowest BCUT2D eigenvalue weighted by molar-refractivity contribution is 0.102. The van der Waals surface area contributed by atoms with Crippen LogP contribution in [0.15, 0.2) is 70.3 Å². The summed E-state index contributed by atoms with van der Waals surface area (Å²) in [6.45, 7) is 0. The fourth-order valence-corrected chi connectivity index (χ4v) is 2.91. The van der Waals surface area contributed by atoms with Crippen LogP contribution in [0.3, 0.4) is 0 Å². The molecule has 0 atom stereocenters. The Balaban J connectivity index is 1.84. The molecule has 0 aliphatic rings. The van der Waals surface area contributed by atoms with E-state index in [2.05, 4.69) is 15.3 Å². The topological polar surface area (TPSA) is 85.1 Å². The molecular weight excluding hydrogens is 385 g/mol. The summed E-state index contributed by atoms with van der Waals surface area (Å²) in [6.07, 6.45) is 4.15. The maximum atomic E-state index is 13.6. The monoisotopic (exact) mass is 395 g/mol. The molecule has 0 bridgehead atoms. The molecule has 4 aromatic rings. The molecule has 8 heteroatoms. The first-order valence-corrected chi connectivity index (χ1v) is 8.50. The minimum absolute atomic E-state index is 0.0863. The van der Waals surface area contributed by atoms with Crippen LogP contribution in [-0.4, -0.2) is 15.9 Å². The van der Waals surface area contributed by atoms with Crippen LogP contribution in [0.2, 0.25) is 5.02 Å². The normalized spacial score (nSPS) is 10.8. The molecule has 1 amide bonds. The summed E-state index contributed by atoms with van der Waals surface area (Å²) < 4.78 is 19.5. The highest BCUT2D eigenvalue weighted by molar-refractivity contribution is 6.33. The molecule has 4 rings (SSSR count). The highest BCUT2D eigenvalue weighted by atomic mass is 35.5. The molecule has 0 unspecified atom stereocenters. The van der Waals surface area contributed by atoms with Crippen molar-refractivity contribution in [3.63, 3.8) is 0 Å². The van der Waals surface area contributed by atoms with Gasteiger partial charge < -0.3 is 9.73 Å². The number of amides is 1. The van der Waals surface area contributed by atoms with Gasteiger partial charge in [-0.2, -0.15) is 0 Å². The van der Waals surface area contributed by atoms with E-state index in [-0.39, 0.29) is 44.1 Å². The predicted octanol–water partition coefficient (Wildman–Crippen LogP) is 4.29. The molecule has 0 saturated carbocycles. The standard InChI is InChI=1S/C20H11ClFN3O3/c21-14-5-4-11(22)8-13(14)18-9-17(26)12-2-1-3-15(19(12)28-18)25-20(27)16-10-23-6-7-24-16/h1-10H,(H,25,27). The number of nitrogens with one attached hydrogen (secondary N) is 1. The Bertz CT molecular complexity index is 1260. The molecule has 0 saturated heterocycles. The van der Waals surface area contributed by atoms with Gasteiger partial charge in [0.25, 0.3) is 5.91 Å². The van der Waals surface area contributed by atoms with Crippen molar-refractivity contribution in [3.05, 3.63) is 87.8 Å². The lowest BCUT2D eigenvalue weighted by atomic mass is 10.1. The van der Waals surface area contributed by atoms with E-state index in [1.54, 1.807) is 18.2 Å². The summed E-state index contributed by atoms with van der Waals surface area (Å²) in [5.41, 5.74) is 0.385. The van der Waals surface area contributed by atoms with Crippen LogP contribution in [0.25, 0.3) is 22.3 Å². The number of fused-ring (bicyclic) bond motifs is 1. The van der Waals surface area contributed by atoms with E-state index in [0.717, 1.165) is 0 Å². The van der Waals surface area contributed by atoms with Crippen molar-refractivity contribution in [2.75, 3.05) is 5.32 Å². The van der Waals surface area contributed by atoms with E-state index in [4.69, 9.17) is 16.0 Å². The first-order valence-electron chi connectivity index (χ1n) is 8.12. The third kappa shape index (κ3) is 3.35. The van der Waals surface area contributed by atoms with Crippen LogP contribution in [0.4, 0.5) is 10.1 Å². The largest absolute Gasteiger partial charge is 0.454 e. The molecule has 28 heavy (non-hydrogen) atoms. The van der Waals surface area contributed by atoms with Gasteiger partial charge in [-0.15, -0.1) is 0 Å². The van der Waals surface area contributed by atoms with Crippen LogP contribution in [0.1, 0.15) is 10.5 Å². The van der Waals surface area contributed by atoms with Crippen LogP contribution in [0, 0.1) is 5.82 Å². The van der Waals surface area contributed by atoms with E-state index in [0.29, 0.717) is 0 Å². The number of halogens is 2. The van der Waals surface area contributed by atoms with Crippen molar-refractivity contribution in [2.45, 2.75) is 0 Å². The summed E-state index contributed by atoms with van der Waals surface area (Å²) in [7, 11) is 0.